The summed E-state index contributed by atoms with van der Waals surface area (Å²) in [4.78, 5) is 11.9. The van der Waals surface area contributed by atoms with Crippen LogP contribution in [0.1, 0.15) is 200 Å². The highest BCUT2D eigenvalue weighted by Crippen LogP contribution is 2.15. The van der Waals surface area contributed by atoms with E-state index < -0.39 is 0 Å². The molecule has 1 N–H and O–H groups in total. The molecule has 0 bridgehead atoms. The van der Waals surface area contributed by atoms with Crippen LogP contribution in [0.3, 0.4) is 0 Å². The van der Waals surface area contributed by atoms with Crippen molar-refractivity contribution in [1.29, 1.82) is 0 Å². The molecule has 222 valence electrons. The first kappa shape index (κ1) is 36.4. The minimum atomic E-state index is 0.0183. The van der Waals surface area contributed by atoms with Gasteiger partial charge in [-0.3, -0.25) is 4.79 Å². The van der Waals surface area contributed by atoms with Gasteiger partial charge in [0.15, 0.2) is 0 Å². The summed E-state index contributed by atoms with van der Waals surface area (Å²) < 4.78 is 5.42. The summed E-state index contributed by atoms with van der Waals surface area (Å²) in [5, 5.41) is 8.77. The molecule has 0 aromatic carbocycles. The summed E-state index contributed by atoms with van der Waals surface area (Å²) in [6.07, 6.45) is 38.8. The van der Waals surface area contributed by atoms with Crippen LogP contribution < -0.4 is 0 Å². The molecule has 0 atom stereocenters. The van der Waals surface area contributed by atoms with Gasteiger partial charge in [-0.15, -0.1) is 0 Å². The van der Waals surface area contributed by atoms with E-state index >= 15 is 0 Å². The van der Waals surface area contributed by atoms with Crippen LogP contribution in [0.5, 0.6) is 0 Å². The van der Waals surface area contributed by atoms with E-state index in [1.165, 1.54) is 167 Å². The van der Waals surface area contributed by atoms with Crippen molar-refractivity contribution in [1.82, 2.24) is 0 Å². The van der Waals surface area contributed by atoms with E-state index in [-0.39, 0.29) is 5.97 Å². The molecule has 3 nitrogen and oxygen atoms in total. The summed E-state index contributed by atoms with van der Waals surface area (Å²) in [5.41, 5.74) is 0. The topological polar surface area (TPSA) is 46.5 Å². The lowest BCUT2D eigenvalue weighted by atomic mass is 10.0. The zero-order valence-electron chi connectivity index (χ0n) is 25.4. The van der Waals surface area contributed by atoms with Crippen LogP contribution in [0.4, 0.5) is 0 Å². The Hall–Kier alpha value is -0.570. The summed E-state index contributed by atoms with van der Waals surface area (Å²) in [5.74, 6) is 0.0183. The summed E-state index contributed by atoms with van der Waals surface area (Å²) >= 11 is 0. The molecule has 0 spiro atoms. The molecule has 0 aliphatic heterocycles. The van der Waals surface area contributed by atoms with Crippen molar-refractivity contribution in [3.63, 3.8) is 0 Å². The molecule has 37 heavy (non-hydrogen) atoms. The molecule has 0 rings (SSSR count). The van der Waals surface area contributed by atoms with Gasteiger partial charge in [0.2, 0.25) is 0 Å². The number of hydrogen-bond donors (Lipinski definition) is 1. The minimum Gasteiger partial charge on any atom is -0.466 e. The van der Waals surface area contributed by atoms with Gasteiger partial charge >= 0.3 is 5.97 Å². The maximum absolute atomic E-state index is 11.9. The lowest BCUT2D eigenvalue weighted by Crippen LogP contribution is -2.05. The number of aliphatic hydroxyl groups is 1. The maximum atomic E-state index is 11.9. The molecule has 0 saturated heterocycles. The van der Waals surface area contributed by atoms with Gasteiger partial charge in [-0.05, 0) is 19.3 Å². The Morgan fingerprint density at radius 2 is 0.730 bits per heavy atom. The normalized spacial score (nSPS) is 11.3. The van der Waals surface area contributed by atoms with Crippen molar-refractivity contribution in [3.8, 4) is 0 Å². The molecule has 3 heteroatoms. The van der Waals surface area contributed by atoms with Crippen LogP contribution in [-0.2, 0) is 9.53 Å². The van der Waals surface area contributed by atoms with E-state index in [9.17, 15) is 4.79 Å². The zero-order chi connectivity index (χ0) is 26.9. The lowest BCUT2D eigenvalue weighted by Gasteiger charge is -2.06. The second kappa shape index (κ2) is 33.5. The van der Waals surface area contributed by atoms with Crippen molar-refractivity contribution in [2.24, 2.45) is 0 Å². The molecular formula is C34H68O3. The number of hydrogen-bond acceptors (Lipinski definition) is 3. The van der Waals surface area contributed by atoms with Crippen LogP contribution in [0.25, 0.3) is 0 Å². The number of unbranched alkanes of at least 4 members (excludes halogenated alkanes) is 27. The number of carbonyl (C=O) groups is 1. The van der Waals surface area contributed by atoms with Crippen LogP contribution in [-0.4, -0.2) is 24.3 Å². The van der Waals surface area contributed by atoms with E-state index in [4.69, 9.17) is 9.84 Å². The Morgan fingerprint density at radius 1 is 0.432 bits per heavy atom. The predicted octanol–water partition coefficient (Wildman–Crippen LogP) is 11.2. The number of esters is 1. The van der Waals surface area contributed by atoms with Gasteiger partial charge in [-0.25, -0.2) is 0 Å². The average molecular weight is 525 g/mol. The van der Waals surface area contributed by atoms with E-state index in [1.54, 1.807) is 0 Å². The summed E-state index contributed by atoms with van der Waals surface area (Å²) in [6.45, 7) is 3.26. The molecule has 0 heterocycles. The first-order valence-corrected chi connectivity index (χ1v) is 17.1. The molecule has 0 saturated carbocycles. The molecule has 0 amide bonds. The highest BCUT2D eigenvalue weighted by atomic mass is 16.5. The number of ether oxygens (including phenoxy) is 1. The van der Waals surface area contributed by atoms with E-state index in [0.717, 1.165) is 19.3 Å². The predicted molar refractivity (Wildman–Crippen MR) is 162 cm³/mol. The summed E-state index contributed by atoms with van der Waals surface area (Å²) in [7, 11) is 0. The fourth-order valence-electron chi connectivity index (χ4n) is 5.23. The Labute approximate surface area is 233 Å². The molecule has 0 unspecified atom stereocenters. The van der Waals surface area contributed by atoms with Gasteiger partial charge in [0.1, 0.15) is 0 Å². The van der Waals surface area contributed by atoms with Crippen molar-refractivity contribution >= 4 is 5.97 Å². The monoisotopic (exact) mass is 525 g/mol. The first-order chi connectivity index (χ1) is 18.3. The second-order valence-electron chi connectivity index (χ2n) is 11.6. The fraction of sp³-hybridized carbons (Fsp3) is 0.971. The Bertz CT molecular complexity index is 423. The van der Waals surface area contributed by atoms with Gasteiger partial charge < -0.3 is 9.84 Å². The standard InChI is InChI=1S/C34H68O3/c1-2-3-4-5-6-7-8-13-16-19-22-25-28-31-34(36)37-33-30-27-24-21-18-15-12-10-9-11-14-17-20-23-26-29-32-35/h35H,2-33H2,1H3. The van der Waals surface area contributed by atoms with Crippen LogP contribution >= 0.6 is 0 Å². The molecule has 0 aliphatic carbocycles. The molecule has 0 aromatic rings. The fourth-order valence-corrected chi connectivity index (χ4v) is 5.23. The minimum absolute atomic E-state index is 0.0183. The molecule has 0 aliphatic rings. The molecule has 0 fully saturated rings. The number of aliphatic hydroxyl groups excluding tert-OH is 1. The van der Waals surface area contributed by atoms with Gasteiger partial charge in [0, 0.05) is 13.0 Å². The summed E-state index contributed by atoms with van der Waals surface area (Å²) in [6, 6.07) is 0. The van der Waals surface area contributed by atoms with Gasteiger partial charge in [0.05, 0.1) is 6.61 Å². The second-order valence-corrected chi connectivity index (χ2v) is 11.6. The smallest absolute Gasteiger partial charge is 0.305 e. The largest absolute Gasteiger partial charge is 0.466 e. The highest BCUT2D eigenvalue weighted by Gasteiger charge is 2.03. The van der Waals surface area contributed by atoms with Gasteiger partial charge in [-0.1, -0.05) is 174 Å². The van der Waals surface area contributed by atoms with Crippen LogP contribution in [0.15, 0.2) is 0 Å². The third-order valence-electron chi connectivity index (χ3n) is 7.80. The maximum Gasteiger partial charge on any atom is 0.305 e. The van der Waals surface area contributed by atoms with Gasteiger partial charge in [0.25, 0.3) is 0 Å². The SMILES string of the molecule is CCCCCCCCCCCCCCCC(=O)OCCCCCCCCCCCCCCCCCCO. The number of rotatable bonds is 32. The lowest BCUT2D eigenvalue weighted by molar-refractivity contribution is -0.143. The van der Waals surface area contributed by atoms with Gasteiger partial charge in [-0.2, -0.15) is 0 Å². The Morgan fingerprint density at radius 3 is 1.08 bits per heavy atom. The number of carbonyl (C=O) groups excluding carboxylic acids is 1. The van der Waals surface area contributed by atoms with Crippen LogP contribution in [0.2, 0.25) is 0 Å². The molecular weight excluding hydrogens is 456 g/mol. The van der Waals surface area contributed by atoms with Crippen molar-refractivity contribution in [2.75, 3.05) is 13.2 Å². The van der Waals surface area contributed by atoms with Crippen molar-refractivity contribution in [3.05, 3.63) is 0 Å². The van der Waals surface area contributed by atoms with Crippen LogP contribution in [0, 0.1) is 0 Å². The quantitative estimate of drug-likeness (QED) is 0.0703. The molecule has 0 radical (unpaired) electrons. The third-order valence-corrected chi connectivity index (χ3v) is 7.80. The first-order valence-electron chi connectivity index (χ1n) is 17.1. The van der Waals surface area contributed by atoms with E-state index in [1.807, 2.05) is 0 Å². The van der Waals surface area contributed by atoms with E-state index in [0.29, 0.717) is 19.6 Å². The third kappa shape index (κ3) is 33.4. The van der Waals surface area contributed by atoms with Crippen molar-refractivity contribution in [2.45, 2.75) is 200 Å². The Balaban J connectivity index is 3.13. The van der Waals surface area contributed by atoms with E-state index in [2.05, 4.69) is 6.92 Å². The zero-order valence-corrected chi connectivity index (χ0v) is 25.4. The molecule has 0 aromatic heterocycles. The average Bonchev–Trinajstić information content (AvgIpc) is 2.90. The Kier molecular flexibility index (Phi) is 32.9. The highest BCUT2D eigenvalue weighted by molar-refractivity contribution is 5.69. The van der Waals surface area contributed by atoms with Crippen molar-refractivity contribution < 1.29 is 14.6 Å².